The lowest BCUT2D eigenvalue weighted by atomic mass is 10.3. The summed E-state index contributed by atoms with van der Waals surface area (Å²) in [5, 5.41) is 10.2. The molecule has 0 fully saturated rings. The molecule has 1 aromatic rings. The van der Waals surface area contributed by atoms with E-state index in [0.717, 1.165) is 12.8 Å². The number of aliphatic hydroxyl groups excluding tert-OH is 1. The van der Waals surface area contributed by atoms with Crippen molar-refractivity contribution in [2.45, 2.75) is 25.9 Å². The third-order valence-corrected chi connectivity index (χ3v) is 5.47. The smallest absolute Gasteiger partial charge is 0.103 e. The van der Waals surface area contributed by atoms with Gasteiger partial charge in [0.1, 0.15) is 8.07 Å². The fraction of sp³-hybridized carbons (Fsp3) is 0.385. The van der Waals surface area contributed by atoms with E-state index < -0.39 is 8.07 Å². The maximum atomic E-state index is 8.69. The van der Waals surface area contributed by atoms with Crippen LogP contribution in [0, 0.1) is 0 Å². The van der Waals surface area contributed by atoms with Gasteiger partial charge in [-0.25, -0.2) is 0 Å². The number of unbranched alkanes of at least 4 members (excludes halogenated alkanes) is 1. The number of hydrogen-bond donors (Lipinski definition) is 1. The zero-order valence-electron chi connectivity index (χ0n) is 9.61. The zero-order chi connectivity index (χ0) is 11.1. The lowest BCUT2D eigenvalue weighted by Crippen LogP contribution is -2.39. The van der Waals surface area contributed by atoms with Crippen molar-refractivity contribution in [3.63, 3.8) is 0 Å². The summed E-state index contributed by atoms with van der Waals surface area (Å²) in [6.07, 6.45) is 4.07. The quantitative estimate of drug-likeness (QED) is 0.597. The van der Waals surface area contributed by atoms with Crippen LogP contribution in [0.1, 0.15) is 12.8 Å². The van der Waals surface area contributed by atoms with E-state index in [4.69, 9.17) is 5.11 Å². The zero-order valence-corrected chi connectivity index (χ0v) is 10.6. The predicted octanol–water partition coefficient (Wildman–Crippen LogP) is 2.47. The fourth-order valence-electron chi connectivity index (χ4n) is 1.55. The van der Waals surface area contributed by atoms with Crippen LogP contribution in [0.3, 0.4) is 0 Å². The minimum Gasteiger partial charge on any atom is -0.396 e. The first kappa shape index (κ1) is 12.2. The second-order valence-corrected chi connectivity index (χ2v) is 8.71. The Morgan fingerprint density at radius 2 is 1.87 bits per heavy atom. The summed E-state index contributed by atoms with van der Waals surface area (Å²) in [7, 11) is -1.39. The molecule has 0 aromatic heterocycles. The molecule has 1 nitrogen and oxygen atoms in total. The largest absolute Gasteiger partial charge is 0.396 e. The molecule has 0 amide bonds. The summed E-state index contributed by atoms with van der Waals surface area (Å²) in [5.41, 5.74) is 2.36. The Morgan fingerprint density at radius 1 is 1.20 bits per heavy atom. The van der Waals surface area contributed by atoms with Crippen molar-refractivity contribution in [1.29, 1.82) is 0 Å². The molecule has 0 heterocycles. The maximum absolute atomic E-state index is 8.69. The van der Waals surface area contributed by atoms with Gasteiger partial charge < -0.3 is 5.11 Å². The number of benzene rings is 1. The van der Waals surface area contributed by atoms with Crippen LogP contribution in [-0.2, 0) is 0 Å². The van der Waals surface area contributed by atoms with Crippen molar-refractivity contribution in [1.82, 2.24) is 0 Å². The molecule has 0 saturated heterocycles. The van der Waals surface area contributed by atoms with E-state index in [0.29, 0.717) is 0 Å². The molecule has 0 spiro atoms. The Hall–Kier alpha value is -0.863. The van der Waals surface area contributed by atoms with E-state index in [1.54, 1.807) is 0 Å². The number of aliphatic hydroxyl groups is 1. The van der Waals surface area contributed by atoms with Crippen molar-refractivity contribution < 1.29 is 5.11 Å². The molecule has 0 aliphatic rings. The average Bonchev–Trinajstić information content (AvgIpc) is 2.26. The normalized spacial score (nSPS) is 12.2. The van der Waals surface area contributed by atoms with Gasteiger partial charge in [-0.05, 0) is 12.8 Å². The van der Waals surface area contributed by atoms with Gasteiger partial charge in [-0.15, -0.1) is 0 Å². The van der Waals surface area contributed by atoms with Crippen molar-refractivity contribution in [2.24, 2.45) is 0 Å². The van der Waals surface area contributed by atoms with Gasteiger partial charge in [0.05, 0.1) is 0 Å². The molecule has 0 atom stereocenters. The monoisotopic (exact) mass is 220 g/mol. The van der Waals surface area contributed by atoms with Crippen LogP contribution in [0.5, 0.6) is 0 Å². The first-order chi connectivity index (χ1) is 7.17. The van der Waals surface area contributed by atoms with Gasteiger partial charge in [0, 0.05) is 6.61 Å². The molecule has 82 valence electrons. The summed E-state index contributed by atoms with van der Waals surface area (Å²) >= 11 is 0. The molecule has 1 N–H and O–H groups in total. The summed E-state index contributed by atoms with van der Waals surface area (Å²) in [4.78, 5) is 0. The van der Waals surface area contributed by atoms with Crippen LogP contribution in [0.2, 0.25) is 13.1 Å². The third kappa shape index (κ3) is 4.02. The van der Waals surface area contributed by atoms with Crippen LogP contribution < -0.4 is 5.19 Å². The molecule has 0 saturated carbocycles. The summed E-state index contributed by atoms with van der Waals surface area (Å²) < 4.78 is 0. The lowest BCUT2D eigenvalue weighted by Gasteiger charge is -2.18. The van der Waals surface area contributed by atoms with E-state index >= 15 is 0 Å². The number of allylic oxidation sites excluding steroid dienone is 1. The van der Waals surface area contributed by atoms with Crippen LogP contribution in [0.4, 0.5) is 0 Å². The standard InChI is InChI=1S/C13H20OSi/c1-15(2,12-8-4-7-11-14)13-9-5-3-6-10-13/h3,5-6,8-10,12,14H,4,7,11H2,1-2H3/b12-8+. The molecular formula is C13H20OSi. The average molecular weight is 220 g/mol. The molecule has 1 aromatic carbocycles. The Bertz CT molecular complexity index is 304. The van der Waals surface area contributed by atoms with E-state index in [2.05, 4.69) is 55.2 Å². The minimum atomic E-state index is -1.39. The van der Waals surface area contributed by atoms with E-state index in [9.17, 15) is 0 Å². The van der Waals surface area contributed by atoms with Gasteiger partial charge in [0.2, 0.25) is 0 Å². The third-order valence-electron chi connectivity index (χ3n) is 2.58. The van der Waals surface area contributed by atoms with Gasteiger partial charge >= 0.3 is 0 Å². The summed E-state index contributed by atoms with van der Waals surface area (Å²) in [6.45, 7) is 4.98. The first-order valence-corrected chi connectivity index (χ1v) is 8.58. The van der Waals surface area contributed by atoms with Crippen LogP contribution in [0.15, 0.2) is 42.1 Å². The van der Waals surface area contributed by atoms with Crippen molar-refractivity contribution in [3.05, 3.63) is 42.1 Å². The highest BCUT2D eigenvalue weighted by Crippen LogP contribution is 2.06. The van der Waals surface area contributed by atoms with Crippen molar-refractivity contribution >= 4 is 13.3 Å². The SMILES string of the molecule is C[Si](C)(/C=C/CCCO)c1ccccc1. The Kier molecular flexibility index (Phi) is 4.79. The second kappa shape index (κ2) is 5.88. The topological polar surface area (TPSA) is 20.2 Å². The highest BCUT2D eigenvalue weighted by atomic mass is 28.3. The molecule has 0 aliphatic carbocycles. The van der Waals surface area contributed by atoms with Crippen LogP contribution in [-0.4, -0.2) is 19.8 Å². The molecule has 1 rings (SSSR count). The Morgan fingerprint density at radius 3 is 2.47 bits per heavy atom. The maximum Gasteiger partial charge on any atom is 0.103 e. The van der Waals surface area contributed by atoms with E-state index in [1.807, 2.05) is 0 Å². The number of hydrogen-bond acceptors (Lipinski definition) is 1. The van der Waals surface area contributed by atoms with Crippen molar-refractivity contribution in [3.8, 4) is 0 Å². The number of rotatable bonds is 5. The minimum absolute atomic E-state index is 0.289. The predicted molar refractivity (Wildman–Crippen MR) is 69.0 cm³/mol. The van der Waals surface area contributed by atoms with Crippen LogP contribution in [0.25, 0.3) is 0 Å². The highest BCUT2D eigenvalue weighted by Gasteiger charge is 2.18. The molecule has 0 unspecified atom stereocenters. The molecule has 15 heavy (non-hydrogen) atoms. The van der Waals surface area contributed by atoms with Gasteiger partial charge in [-0.2, -0.15) is 0 Å². The molecule has 2 heteroatoms. The van der Waals surface area contributed by atoms with E-state index in [-0.39, 0.29) is 6.61 Å². The molecule has 0 aliphatic heterocycles. The highest BCUT2D eigenvalue weighted by molar-refractivity contribution is 6.93. The first-order valence-electron chi connectivity index (χ1n) is 5.51. The second-order valence-electron chi connectivity index (χ2n) is 4.36. The fourth-order valence-corrected chi connectivity index (χ4v) is 3.55. The molecule has 0 bridgehead atoms. The van der Waals surface area contributed by atoms with Gasteiger partial charge in [-0.3, -0.25) is 0 Å². The lowest BCUT2D eigenvalue weighted by molar-refractivity contribution is 0.289. The van der Waals surface area contributed by atoms with Crippen LogP contribution >= 0.6 is 0 Å². The summed E-state index contributed by atoms with van der Waals surface area (Å²) in [6, 6.07) is 10.7. The Balaban J connectivity index is 2.63. The van der Waals surface area contributed by atoms with Gasteiger partial charge in [0.25, 0.3) is 0 Å². The van der Waals surface area contributed by atoms with Gasteiger partial charge in [0.15, 0.2) is 0 Å². The molecular weight excluding hydrogens is 200 g/mol. The summed E-state index contributed by atoms with van der Waals surface area (Å²) in [5.74, 6) is 0. The van der Waals surface area contributed by atoms with Crippen molar-refractivity contribution in [2.75, 3.05) is 6.61 Å². The van der Waals surface area contributed by atoms with E-state index in [1.165, 1.54) is 5.19 Å². The molecule has 0 radical (unpaired) electrons. The van der Waals surface area contributed by atoms with Gasteiger partial charge in [-0.1, -0.05) is 60.4 Å². The Labute approximate surface area is 93.5 Å².